The third kappa shape index (κ3) is 7.97. The van der Waals surface area contributed by atoms with Crippen molar-refractivity contribution in [2.75, 3.05) is 27.7 Å². The Labute approximate surface area is 165 Å². The maximum absolute atomic E-state index is 12.3. The van der Waals surface area contributed by atoms with E-state index in [1.165, 1.54) is 5.56 Å². The largest absolute Gasteiger partial charge is 1.00 e. The Morgan fingerprint density at radius 1 is 1.04 bits per heavy atom. The zero-order chi connectivity index (χ0) is 17.6. The van der Waals surface area contributed by atoms with Gasteiger partial charge in [-0.15, -0.1) is 0 Å². The molecule has 138 valence electrons. The van der Waals surface area contributed by atoms with Crippen molar-refractivity contribution in [3.05, 3.63) is 35.4 Å². The molecule has 0 radical (unpaired) electrons. The normalized spacial score (nSPS) is 14.0. The predicted octanol–water partition coefficient (Wildman–Crippen LogP) is 0.594. The van der Waals surface area contributed by atoms with Gasteiger partial charge in [0.1, 0.15) is 0 Å². The van der Waals surface area contributed by atoms with Crippen LogP contribution in [0.1, 0.15) is 51.2 Å². The van der Waals surface area contributed by atoms with Crippen LogP contribution in [0.5, 0.6) is 0 Å². The van der Waals surface area contributed by atoms with E-state index in [1.54, 1.807) is 0 Å². The van der Waals surface area contributed by atoms with Crippen molar-refractivity contribution < 1.29 is 33.3 Å². The lowest BCUT2D eigenvalue weighted by Crippen LogP contribution is -3.00. The van der Waals surface area contributed by atoms with E-state index in [9.17, 15) is 4.79 Å². The van der Waals surface area contributed by atoms with Crippen molar-refractivity contribution in [2.45, 2.75) is 52.5 Å². The maximum atomic E-state index is 12.3. The van der Waals surface area contributed by atoms with Crippen LogP contribution in [-0.4, -0.2) is 44.1 Å². The summed E-state index contributed by atoms with van der Waals surface area (Å²) >= 11 is 0. The molecule has 4 heteroatoms. The molecular formula is C20H35IN2O. The van der Waals surface area contributed by atoms with Gasteiger partial charge in [0, 0.05) is 13.0 Å². The quantitative estimate of drug-likeness (QED) is 0.460. The SMILES string of the molecule is CC(C)Cc1ccc([C@@H](C)C(=O)NCCC(C)[N+](C)(C)C)cc1.[I-]. The van der Waals surface area contributed by atoms with Crippen LogP contribution in [-0.2, 0) is 11.2 Å². The highest BCUT2D eigenvalue weighted by molar-refractivity contribution is 5.83. The van der Waals surface area contributed by atoms with Gasteiger partial charge in [0.25, 0.3) is 0 Å². The molecule has 1 unspecified atom stereocenters. The van der Waals surface area contributed by atoms with Gasteiger partial charge in [-0.25, -0.2) is 0 Å². The number of carbonyl (C=O) groups excluding carboxylic acids is 1. The Morgan fingerprint density at radius 2 is 1.58 bits per heavy atom. The van der Waals surface area contributed by atoms with Gasteiger partial charge in [-0.05, 0) is 37.3 Å². The first-order valence-corrected chi connectivity index (χ1v) is 8.79. The number of nitrogens with one attached hydrogen (secondary N) is 1. The van der Waals surface area contributed by atoms with Crippen LogP contribution in [0.2, 0.25) is 0 Å². The monoisotopic (exact) mass is 446 g/mol. The number of benzene rings is 1. The molecule has 0 aliphatic rings. The van der Waals surface area contributed by atoms with Crippen molar-refractivity contribution in [1.29, 1.82) is 0 Å². The summed E-state index contributed by atoms with van der Waals surface area (Å²) in [7, 11) is 6.56. The third-order valence-electron chi connectivity index (χ3n) is 4.70. The molecule has 2 atom stereocenters. The molecule has 1 amide bonds. The molecule has 0 saturated heterocycles. The van der Waals surface area contributed by atoms with Gasteiger partial charge in [-0.2, -0.15) is 0 Å². The molecule has 0 heterocycles. The summed E-state index contributed by atoms with van der Waals surface area (Å²) in [4.78, 5) is 12.3. The molecule has 0 aliphatic heterocycles. The van der Waals surface area contributed by atoms with Crippen LogP contribution in [0.25, 0.3) is 0 Å². The summed E-state index contributed by atoms with van der Waals surface area (Å²) in [6, 6.07) is 9.02. The summed E-state index contributed by atoms with van der Waals surface area (Å²) < 4.78 is 0.919. The molecule has 1 aromatic rings. The van der Waals surface area contributed by atoms with Crippen LogP contribution in [0.15, 0.2) is 24.3 Å². The molecule has 0 spiro atoms. The minimum Gasteiger partial charge on any atom is -1.00 e. The van der Waals surface area contributed by atoms with Crippen molar-refractivity contribution in [3.63, 3.8) is 0 Å². The first kappa shape index (κ1) is 23.4. The molecule has 0 aliphatic carbocycles. The van der Waals surface area contributed by atoms with Crippen molar-refractivity contribution in [2.24, 2.45) is 5.92 Å². The minimum atomic E-state index is -0.0949. The number of hydrogen-bond acceptors (Lipinski definition) is 1. The number of carbonyl (C=O) groups is 1. The Kier molecular flexibility index (Phi) is 10.1. The lowest BCUT2D eigenvalue weighted by molar-refractivity contribution is -0.894. The summed E-state index contributed by atoms with van der Waals surface area (Å²) in [6.45, 7) is 9.40. The maximum Gasteiger partial charge on any atom is 0.227 e. The highest BCUT2D eigenvalue weighted by Gasteiger charge is 2.19. The Hall–Kier alpha value is -0.620. The third-order valence-corrected chi connectivity index (χ3v) is 4.70. The minimum absolute atomic E-state index is 0. The summed E-state index contributed by atoms with van der Waals surface area (Å²) in [5, 5.41) is 3.08. The van der Waals surface area contributed by atoms with E-state index in [4.69, 9.17) is 0 Å². The second-order valence-electron chi connectivity index (χ2n) is 8.11. The lowest BCUT2D eigenvalue weighted by atomic mass is 9.96. The molecule has 24 heavy (non-hydrogen) atoms. The lowest BCUT2D eigenvalue weighted by Gasteiger charge is -2.31. The topological polar surface area (TPSA) is 29.1 Å². The Balaban J connectivity index is 0.00000529. The average molecular weight is 446 g/mol. The molecule has 0 saturated carbocycles. The van der Waals surface area contributed by atoms with Crippen LogP contribution < -0.4 is 29.3 Å². The fourth-order valence-electron chi connectivity index (χ4n) is 2.51. The van der Waals surface area contributed by atoms with E-state index in [2.05, 4.69) is 71.5 Å². The van der Waals surface area contributed by atoms with Crippen LogP contribution in [0.4, 0.5) is 0 Å². The van der Waals surface area contributed by atoms with Gasteiger partial charge in [0.05, 0.1) is 33.1 Å². The van der Waals surface area contributed by atoms with Gasteiger partial charge < -0.3 is 33.8 Å². The number of quaternary nitrogens is 1. The number of rotatable bonds is 8. The van der Waals surface area contributed by atoms with Gasteiger partial charge in [-0.1, -0.05) is 38.1 Å². The first-order valence-electron chi connectivity index (χ1n) is 8.79. The van der Waals surface area contributed by atoms with Crippen LogP contribution in [0.3, 0.4) is 0 Å². The van der Waals surface area contributed by atoms with Gasteiger partial charge in [-0.3, -0.25) is 4.79 Å². The van der Waals surface area contributed by atoms with E-state index < -0.39 is 0 Å². The highest BCUT2D eigenvalue weighted by Crippen LogP contribution is 2.18. The highest BCUT2D eigenvalue weighted by atomic mass is 127. The van der Waals surface area contributed by atoms with E-state index in [0.29, 0.717) is 12.0 Å². The predicted molar refractivity (Wildman–Crippen MR) is 98.5 cm³/mol. The fraction of sp³-hybridized carbons (Fsp3) is 0.650. The van der Waals surface area contributed by atoms with E-state index in [-0.39, 0.29) is 35.8 Å². The number of nitrogens with zero attached hydrogens (tertiary/aromatic N) is 1. The van der Waals surface area contributed by atoms with E-state index in [1.807, 2.05) is 6.92 Å². The van der Waals surface area contributed by atoms with E-state index >= 15 is 0 Å². The van der Waals surface area contributed by atoms with Gasteiger partial charge in [0.2, 0.25) is 5.91 Å². The summed E-state index contributed by atoms with van der Waals surface area (Å²) in [6.07, 6.45) is 2.08. The zero-order valence-corrected chi connectivity index (χ0v) is 18.6. The van der Waals surface area contributed by atoms with E-state index in [0.717, 1.165) is 29.4 Å². The molecule has 1 rings (SSSR count). The molecule has 3 nitrogen and oxygen atoms in total. The smallest absolute Gasteiger partial charge is 0.227 e. The Morgan fingerprint density at radius 3 is 2.04 bits per heavy atom. The van der Waals surface area contributed by atoms with Crippen molar-refractivity contribution >= 4 is 5.91 Å². The fourth-order valence-corrected chi connectivity index (χ4v) is 2.51. The Bertz CT molecular complexity index is 491. The van der Waals surface area contributed by atoms with Gasteiger partial charge in [0.15, 0.2) is 0 Å². The molecule has 0 fully saturated rings. The van der Waals surface area contributed by atoms with Crippen molar-refractivity contribution in [1.82, 2.24) is 5.32 Å². The first-order chi connectivity index (χ1) is 10.6. The summed E-state index contributed by atoms with van der Waals surface area (Å²) in [5.41, 5.74) is 2.43. The van der Waals surface area contributed by atoms with Crippen LogP contribution in [0, 0.1) is 5.92 Å². The molecule has 0 aromatic heterocycles. The molecule has 0 bridgehead atoms. The zero-order valence-electron chi connectivity index (χ0n) is 16.4. The van der Waals surface area contributed by atoms with Crippen LogP contribution >= 0.6 is 0 Å². The number of halogens is 1. The average Bonchev–Trinajstić information content (AvgIpc) is 2.45. The standard InChI is InChI=1S/C20H34N2O.HI/c1-15(2)14-18-8-10-19(11-9-18)17(4)20(23)21-13-12-16(3)22(5,6)7;/h8-11,15-17H,12-14H2,1-7H3;1H/t16?,17-;/m1./s1. The molecule has 1 aromatic carbocycles. The second kappa shape index (κ2) is 10.4. The summed E-state index contributed by atoms with van der Waals surface area (Å²) in [5.74, 6) is 0.683. The van der Waals surface area contributed by atoms with Gasteiger partial charge >= 0.3 is 0 Å². The molecular weight excluding hydrogens is 411 g/mol. The second-order valence-corrected chi connectivity index (χ2v) is 8.11. The number of amides is 1. The molecule has 1 N–H and O–H groups in total. The number of hydrogen-bond donors (Lipinski definition) is 1. The van der Waals surface area contributed by atoms with Crippen molar-refractivity contribution in [3.8, 4) is 0 Å².